The molecule has 0 bridgehead atoms. The van der Waals surface area contributed by atoms with Gasteiger partial charge in [-0.2, -0.15) is 5.26 Å². The molecular formula is C12H10N4S. The van der Waals surface area contributed by atoms with Gasteiger partial charge in [0.1, 0.15) is 23.3 Å². The first-order valence-electron chi connectivity index (χ1n) is 4.99. The number of nitriles is 1. The van der Waals surface area contributed by atoms with Gasteiger partial charge in [-0.3, -0.25) is 0 Å². The molecule has 5 heteroatoms. The number of hydrogen-bond acceptors (Lipinski definition) is 5. The molecule has 1 heterocycles. The number of thioether (sulfide) groups is 1. The predicted molar refractivity (Wildman–Crippen MR) is 67.2 cm³/mol. The molecule has 4 nitrogen and oxygen atoms in total. The smallest absolute Gasteiger partial charge is 0.145 e. The van der Waals surface area contributed by atoms with Crippen LogP contribution in [0.2, 0.25) is 0 Å². The van der Waals surface area contributed by atoms with E-state index in [1.54, 1.807) is 11.8 Å². The number of benzene rings is 1. The lowest BCUT2D eigenvalue weighted by molar-refractivity contribution is 1.03. The van der Waals surface area contributed by atoms with E-state index in [4.69, 9.17) is 11.0 Å². The fraction of sp³-hybridized carbons (Fsp3) is 0.0833. The Morgan fingerprint density at radius 3 is 2.71 bits per heavy atom. The Morgan fingerprint density at radius 1 is 1.29 bits per heavy atom. The first-order chi connectivity index (χ1) is 8.29. The molecule has 0 amide bonds. The van der Waals surface area contributed by atoms with Crippen molar-refractivity contribution in [3.05, 3.63) is 47.9 Å². The number of anilines is 1. The lowest BCUT2D eigenvalue weighted by Gasteiger charge is -2.02. The topological polar surface area (TPSA) is 75.6 Å². The molecule has 0 spiro atoms. The summed E-state index contributed by atoms with van der Waals surface area (Å²) in [6.45, 7) is 0. The summed E-state index contributed by atoms with van der Waals surface area (Å²) in [5, 5.41) is 8.70. The molecule has 0 saturated heterocycles. The van der Waals surface area contributed by atoms with Gasteiger partial charge >= 0.3 is 0 Å². The average molecular weight is 242 g/mol. The first-order valence-corrected chi connectivity index (χ1v) is 5.97. The predicted octanol–water partition coefficient (Wildman–Crippen LogP) is 2.22. The van der Waals surface area contributed by atoms with Crippen LogP contribution in [-0.2, 0) is 5.75 Å². The maximum atomic E-state index is 8.70. The molecule has 84 valence electrons. The second-order valence-electron chi connectivity index (χ2n) is 3.30. The molecule has 0 aliphatic rings. The van der Waals surface area contributed by atoms with Gasteiger partial charge in [0, 0.05) is 4.90 Å². The van der Waals surface area contributed by atoms with Crippen molar-refractivity contribution in [2.75, 3.05) is 5.73 Å². The van der Waals surface area contributed by atoms with Gasteiger partial charge in [0.25, 0.3) is 0 Å². The van der Waals surface area contributed by atoms with Crippen LogP contribution >= 0.6 is 11.8 Å². The van der Waals surface area contributed by atoms with Crippen LogP contribution in [0.15, 0.2) is 41.4 Å². The van der Waals surface area contributed by atoms with E-state index >= 15 is 0 Å². The molecule has 0 unspecified atom stereocenters. The molecule has 1 aromatic heterocycles. The minimum atomic E-state index is 0.242. The van der Waals surface area contributed by atoms with E-state index in [0.29, 0.717) is 17.1 Å². The standard InChI is InChI=1S/C12H10N4S/c13-6-9-7-15-11(16-12(9)14)8-17-10-4-2-1-3-5-10/h1-5,7H,8H2,(H2,14,15,16). The van der Waals surface area contributed by atoms with Crippen LogP contribution < -0.4 is 5.73 Å². The van der Waals surface area contributed by atoms with Crippen molar-refractivity contribution in [2.24, 2.45) is 0 Å². The zero-order valence-electron chi connectivity index (χ0n) is 9.00. The minimum absolute atomic E-state index is 0.242. The van der Waals surface area contributed by atoms with Gasteiger partial charge in [-0.1, -0.05) is 18.2 Å². The SMILES string of the molecule is N#Cc1cnc(CSc2ccccc2)nc1N. The van der Waals surface area contributed by atoms with E-state index in [2.05, 4.69) is 9.97 Å². The highest BCUT2D eigenvalue weighted by molar-refractivity contribution is 7.98. The molecule has 0 radical (unpaired) electrons. The third kappa shape index (κ3) is 2.95. The largest absolute Gasteiger partial charge is 0.382 e. The van der Waals surface area contributed by atoms with Crippen LogP contribution in [0.4, 0.5) is 5.82 Å². The third-order valence-electron chi connectivity index (χ3n) is 2.10. The number of hydrogen-bond donors (Lipinski definition) is 1. The van der Waals surface area contributed by atoms with Crippen LogP contribution in [-0.4, -0.2) is 9.97 Å². The lowest BCUT2D eigenvalue weighted by atomic mass is 10.3. The summed E-state index contributed by atoms with van der Waals surface area (Å²) in [5.41, 5.74) is 5.94. The fourth-order valence-corrected chi connectivity index (χ4v) is 2.04. The van der Waals surface area contributed by atoms with Crippen molar-refractivity contribution >= 4 is 17.6 Å². The Balaban J connectivity index is 2.06. The summed E-state index contributed by atoms with van der Waals surface area (Å²) in [5.74, 6) is 1.52. The van der Waals surface area contributed by atoms with Crippen LogP contribution in [0, 0.1) is 11.3 Å². The number of nitrogens with zero attached hydrogens (tertiary/aromatic N) is 3. The van der Waals surface area contributed by atoms with Gasteiger partial charge in [0.15, 0.2) is 0 Å². The normalized spacial score (nSPS) is 9.82. The fourth-order valence-electron chi connectivity index (χ4n) is 1.25. The molecule has 0 atom stereocenters. The summed E-state index contributed by atoms with van der Waals surface area (Å²) < 4.78 is 0. The number of aromatic nitrogens is 2. The van der Waals surface area contributed by atoms with Crippen molar-refractivity contribution in [1.82, 2.24) is 9.97 Å². The molecule has 0 saturated carbocycles. The minimum Gasteiger partial charge on any atom is -0.382 e. The Morgan fingerprint density at radius 2 is 2.06 bits per heavy atom. The van der Waals surface area contributed by atoms with E-state index in [1.165, 1.54) is 6.20 Å². The second-order valence-corrected chi connectivity index (χ2v) is 4.35. The highest BCUT2D eigenvalue weighted by Gasteiger charge is 2.03. The van der Waals surface area contributed by atoms with Crippen LogP contribution in [0.3, 0.4) is 0 Å². The van der Waals surface area contributed by atoms with Gasteiger partial charge in [-0.15, -0.1) is 11.8 Å². The molecule has 2 aromatic rings. The number of nitrogen functional groups attached to an aromatic ring is 1. The number of rotatable bonds is 3. The van der Waals surface area contributed by atoms with Gasteiger partial charge < -0.3 is 5.73 Å². The summed E-state index contributed by atoms with van der Waals surface area (Å²) in [6, 6.07) is 11.9. The summed E-state index contributed by atoms with van der Waals surface area (Å²) in [4.78, 5) is 9.33. The summed E-state index contributed by atoms with van der Waals surface area (Å²) in [7, 11) is 0. The van der Waals surface area contributed by atoms with Crippen LogP contribution in [0.5, 0.6) is 0 Å². The van der Waals surface area contributed by atoms with E-state index in [1.807, 2.05) is 36.4 Å². The van der Waals surface area contributed by atoms with Gasteiger partial charge in [-0.25, -0.2) is 9.97 Å². The van der Waals surface area contributed by atoms with Gasteiger partial charge in [0.05, 0.1) is 11.9 Å². The molecular weight excluding hydrogens is 232 g/mol. The molecule has 2 N–H and O–H groups in total. The molecule has 0 aliphatic carbocycles. The summed E-state index contributed by atoms with van der Waals surface area (Å²) >= 11 is 1.63. The Kier molecular flexibility index (Phi) is 3.58. The Hall–Kier alpha value is -2.06. The molecule has 17 heavy (non-hydrogen) atoms. The highest BCUT2D eigenvalue weighted by atomic mass is 32.2. The van der Waals surface area contributed by atoms with Crippen molar-refractivity contribution in [2.45, 2.75) is 10.6 Å². The molecule has 0 aliphatic heterocycles. The van der Waals surface area contributed by atoms with E-state index in [9.17, 15) is 0 Å². The van der Waals surface area contributed by atoms with Crippen molar-refractivity contribution in [3.8, 4) is 6.07 Å². The van der Waals surface area contributed by atoms with Gasteiger partial charge in [-0.05, 0) is 12.1 Å². The molecule has 0 fully saturated rings. The van der Waals surface area contributed by atoms with Gasteiger partial charge in [0.2, 0.25) is 0 Å². The Bertz CT molecular complexity index is 548. The van der Waals surface area contributed by atoms with Crippen LogP contribution in [0.1, 0.15) is 11.4 Å². The zero-order valence-corrected chi connectivity index (χ0v) is 9.81. The van der Waals surface area contributed by atoms with Crippen molar-refractivity contribution < 1.29 is 0 Å². The first kappa shape index (κ1) is 11.4. The third-order valence-corrected chi connectivity index (χ3v) is 3.11. The Labute approximate surface area is 104 Å². The lowest BCUT2D eigenvalue weighted by Crippen LogP contribution is -2.00. The second kappa shape index (κ2) is 5.32. The van der Waals surface area contributed by atoms with E-state index in [0.717, 1.165) is 4.90 Å². The monoisotopic (exact) mass is 242 g/mol. The zero-order chi connectivity index (χ0) is 12.1. The van der Waals surface area contributed by atoms with Crippen LogP contribution in [0.25, 0.3) is 0 Å². The van der Waals surface area contributed by atoms with Crippen molar-refractivity contribution in [1.29, 1.82) is 5.26 Å². The molecule has 2 rings (SSSR count). The van der Waals surface area contributed by atoms with Crippen molar-refractivity contribution in [3.63, 3.8) is 0 Å². The maximum absolute atomic E-state index is 8.70. The average Bonchev–Trinajstić information content (AvgIpc) is 2.38. The summed E-state index contributed by atoms with van der Waals surface area (Å²) in [6.07, 6.45) is 1.46. The highest BCUT2D eigenvalue weighted by Crippen LogP contribution is 2.21. The quantitative estimate of drug-likeness (QED) is 0.835. The van der Waals surface area contributed by atoms with E-state index < -0.39 is 0 Å². The van der Waals surface area contributed by atoms with E-state index in [-0.39, 0.29) is 5.82 Å². The maximum Gasteiger partial charge on any atom is 0.145 e. The number of nitrogens with two attached hydrogens (primary N) is 1. The molecule has 1 aromatic carbocycles.